The van der Waals surface area contributed by atoms with E-state index in [1.165, 1.54) is 0 Å². The van der Waals surface area contributed by atoms with Gasteiger partial charge < -0.3 is 9.47 Å². The van der Waals surface area contributed by atoms with E-state index in [4.69, 9.17) is 5.48 Å². The summed E-state index contributed by atoms with van der Waals surface area (Å²) < 4.78 is 66.8. The van der Waals surface area contributed by atoms with Crippen LogP contribution in [-0.2, 0) is 5.41 Å². The number of nitrogens with zero attached hydrogens (tertiary/aromatic N) is 2. The van der Waals surface area contributed by atoms with E-state index in [2.05, 4.69) is 100 Å². The molecule has 1 aromatic heterocycles. The largest absolute Gasteiger partial charge is 0.310 e. The molecule has 258 valence electrons. The molecule has 0 saturated heterocycles. The Balaban J connectivity index is 1.29. The van der Waals surface area contributed by atoms with Crippen molar-refractivity contribution in [3.63, 3.8) is 0 Å². The Bertz CT molecular complexity index is 3400. The molecule has 0 N–H and O–H groups in total. The molecular formula is C53H36N2. The molecular weight excluding hydrogens is 665 g/mol. The van der Waals surface area contributed by atoms with Gasteiger partial charge in [0.05, 0.1) is 26.0 Å². The second kappa shape index (κ2) is 12.5. The molecule has 0 fully saturated rings. The zero-order valence-electron chi connectivity index (χ0n) is 36.6. The Kier molecular flexibility index (Phi) is 5.66. The van der Waals surface area contributed by atoms with Gasteiger partial charge >= 0.3 is 0 Å². The molecule has 0 spiro atoms. The van der Waals surface area contributed by atoms with Gasteiger partial charge in [0, 0.05) is 33.5 Å². The molecule has 0 aliphatic heterocycles. The fourth-order valence-electron chi connectivity index (χ4n) is 8.77. The first-order valence-corrected chi connectivity index (χ1v) is 18.5. The van der Waals surface area contributed by atoms with Gasteiger partial charge in [-0.05, 0) is 117 Å². The monoisotopic (exact) mass is 707 g/mol. The Morgan fingerprint density at radius 3 is 1.85 bits per heavy atom. The zero-order valence-corrected chi connectivity index (χ0v) is 29.6. The summed E-state index contributed by atoms with van der Waals surface area (Å²) in [7, 11) is 0. The minimum atomic E-state index is -1.37. The molecule has 0 radical (unpaired) electrons. The van der Waals surface area contributed by atoms with Gasteiger partial charge in [0.15, 0.2) is 0 Å². The summed E-state index contributed by atoms with van der Waals surface area (Å²) in [6.45, 7) is 0. The van der Waals surface area contributed by atoms with Crippen LogP contribution in [0.5, 0.6) is 0 Å². The van der Waals surface area contributed by atoms with E-state index in [0.717, 1.165) is 72.4 Å². The van der Waals surface area contributed by atoms with E-state index in [-0.39, 0.29) is 34.5 Å². The predicted molar refractivity (Wildman–Crippen MR) is 230 cm³/mol. The minimum absolute atomic E-state index is 0.0741. The first kappa shape index (κ1) is 25.0. The van der Waals surface area contributed by atoms with Crippen molar-refractivity contribution in [1.82, 2.24) is 4.57 Å². The van der Waals surface area contributed by atoms with E-state index in [0.29, 0.717) is 0 Å². The molecule has 1 unspecified atom stereocenters. The summed E-state index contributed by atoms with van der Waals surface area (Å²) in [5.74, 6) is 0. The maximum atomic E-state index is 10.1. The van der Waals surface area contributed by atoms with Crippen LogP contribution in [0.25, 0.3) is 49.4 Å². The average molecular weight is 708 g/mol. The van der Waals surface area contributed by atoms with Crippen LogP contribution < -0.4 is 4.90 Å². The fourth-order valence-corrected chi connectivity index (χ4v) is 8.77. The molecule has 1 aliphatic rings. The molecule has 0 amide bonds. The van der Waals surface area contributed by atoms with Crippen LogP contribution in [-0.4, -0.2) is 4.57 Å². The van der Waals surface area contributed by atoms with Crippen molar-refractivity contribution < 1.29 is 9.60 Å². The number of hydrogen-bond donors (Lipinski definition) is 0. The summed E-state index contributed by atoms with van der Waals surface area (Å²) in [4.78, 5) is 2.20. The maximum absolute atomic E-state index is 10.1. The lowest BCUT2D eigenvalue weighted by atomic mass is 9.67. The second-order valence-corrected chi connectivity index (χ2v) is 14.0. The molecule has 11 rings (SSSR count). The van der Waals surface area contributed by atoms with Gasteiger partial charge in [0.25, 0.3) is 0 Å². The highest BCUT2D eigenvalue weighted by Gasteiger charge is 2.46. The molecule has 10 aromatic rings. The zero-order chi connectivity index (χ0) is 42.4. The van der Waals surface area contributed by atoms with Crippen LogP contribution in [0.1, 0.15) is 31.8 Å². The Morgan fingerprint density at radius 2 is 1.07 bits per heavy atom. The molecule has 55 heavy (non-hydrogen) atoms. The number of benzene rings is 9. The molecule has 0 saturated carbocycles. The highest BCUT2D eigenvalue weighted by molar-refractivity contribution is 6.10. The lowest BCUT2D eigenvalue weighted by Crippen LogP contribution is -2.28. The molecule has 2 heteroatoms. The fraction of sp³-hybridized carbons (Fsp3) is 0.0189. The van der Waals surface area contributed by atoms with Crippen LogP contribution in [0.2, 0.25) is 0 Å². The van der Waals surface area contributed by atoms with E-state index >= 15 is 0 Å². The third-order valence-corrected chi connectivity index (χ3v) is 11.1. The SMILES string of the molecule is [2H]c1c([2H])c([2H])c2c([2H])c(C3(c4ccc5c(c4)c4ccccc4n5-c4ccccc4)c4ccccc4-c4cc(N(c5ccccc5)c5ccccc5)ccc43)c([2H])c([2H])c2c1[2H]. The normalized spacial score (nSPS) is 16.4. The van der Waals surface area contributed by atoms with Crippen LogP contribution in [0.3, 0.4) is 0 Å². The molecule has 1 aliphatic carbocycles. The van der Waals surface area contributed by atoms with Gasteiger partial charge in [0.1, 0.15) is 0 Å². The maximum Gasteiger partial charge on any atom is 0.0714 e. The molecule has 1 atom stereocenters. The topological polar surface area (TPSA) is 8.17 Å². The van der Waals surface area contributed by atoms with E-state index in [9.17, 15) is 4.11 Å². The smallest absolute Gasteiger partial charge is 0.0714 e. The van der Waals surface area contributed by atoms with Crippen LogP contribution in [0.4, 0.5) is 17.1 Å². The summed E-state index contributed by atoms with van der Waals surface area (Å²) in [5.41, 5.74) is 8.85. The molecule has 2 nitrogen and oxygen atoms in total. The van der Waals surface area contributed by atoms with Gasteiger partial charge in [0.2, 0.25) is 0 Å². The highest BCUT2D eigenvalue weighted by atomic mass is 15.1. The lowest BCUT2D eigenvalue weighted by molar-refractivity contribution is 0.771. The van der Waals surface area contributed by atoms with Crippen molar-refractivity contribution in [2.75, 3.05) is 4.90 Å². The number of aromatic nitrogens is 1. The third-order valence-electron chi connectivity index (χ3n) is 11.1. The molecule has 9 aromatic carbocycles. The van der Waals surface area contributed by atoms with Gasteiger partial charge in [-0.3, -0.25) is 0 Å². The molecule has 1 heterocycles. The number of anilines is 3. The van der Waals surface area contributed by atoms with Crippen molar-refractivity contribution >= 4 is 49.6 Å². The van der Waals surface area contributed by atoms with Crippen molar-refractivity contribution in [2.24, 2.45) is 0 Å². The van der Waals surface area contributed by atoms with E-state index < -0.39 is 29.6 Å². The lowest BCUT2D eigenvalue weighted by Gasteiger charge is -2.34. The van der Waals surface area contributed by atoms with E-state index in [1.807, 2.05) is 84.9 Å². The average Bonchev–Trinajstić information content (AvgIpc) is 3.80. The quantitative estimate of drug-likeness (QED) is 0.167. The predicted octanol–water partition coefficient (Wildman–Crippen LogP) is 13.8. The highest BCUT2D eigenvalue weighted by Crippen LogP contribution is 2.58. The second-order valence-electron chi connectivity index (χ2n) is 14.0. The van der Waals surface area contributed by atoms with Crippen molar-refractivity contribution in [3.8, 4) is 16.8 Å². The Morgan fingerprint density at radius 1 is 0.436 bits per heavy atom. The first-order valence-electron chi connectivity index (χ1n) is 22.0. The standard InChI is InChI=1S/C53H36N2/c1-4-18-41(19-5-1)54(42-20-6-2-7-21-42)44-31-32-50-47(36-44)45-24-12-14-26-49(45)53(50,39-29-28-37-16-10-11-17-38(37)34-39)40-30-33-52-48(35-40)46-25-13-15-27-51(46)55(52)43-22-8-3-9-23-43/h1-36H/i10D,11D,16D,17D,28D,29D,34D. The van der Waals surface area contributed by atoms with Gasteiger partial charge in [-0.1, -0.05) is 145 Å². The Labute approximate surface area is 330 Å². The summed E-state index contributed by atoms with van der Waals surface area (Å²) in [5, 5.41) is 1.79. The summed E-state index contributed by atoms with van der Waals surface area (Å²) in [6, 6.07) is 56.9. The molecule has 0 bridgehead atoms. The number of hydrogen-bond acceptors (Lipinski definition) is 1. The van der Waals surface area contributed by atoms with Crippen LogP contribution in [0, 0.1) is 0 Å². The summed E-state index contributed by atoms with van der Waals surface area (Å²) in [6.07, 6.45) is 0. The van der Waals surface area contributed by atoms with Crippen LogP contribution >= 0.6 is 0 Å². The van der Waals surface area contributed by atoms with Crippen LogP contribution in [0.15, 0.2) is 218 Å². The number of fused-ring (bicyclic) bond motifs is 7. The van der Waals surface area contributed by atoms with Gasteiger partial charge in [-0.25, -0.2) is 0 Å². The van der Waals surface area contributed by atoms with Gasteiger partial charge in [-0.15, -0.1) is 0 Å². The Hall–Kier alpha value is -7.16. The number of rotatable bonds is 6. The summed E-state index contributed by atoms with van der Waals surface area (Å²) >= 11 is 0. The van der Waals surface area contributed by atoms with E-state index in [1.54, 1.807) is 0 Å². The number of para-hydroxylation sites is 4. The first-order chi connectivity index (χ1) is 30.2. The van der Waals surface area contributed by atoms with Gasteiger partial charge in [-0.2, -0.15) is 0 Å². The van der Waals surface area contributed by atoms with Crippen molar-refractivity contribution in [1.29, 1.82) is 0 Å². The van der Waals surface area contributed by atoms with Crippen molar-refractivity contribution in [2.45, 2.75) is 5.41 Å². The van der Waals surface area contributed by atoms with Crippen molar-refractivity contribution in [3.05, 3.63) is 240 Å². The third kappa shape index (κ3) is 4.75. The minimum Gasteiger partial charge on any atom is -0.310 e.